The maximum absolute atomic E-state index is 11.9. The van der Waals surface area contributed by atoms with E-state index in [2.05, 4.69) is 17.1 Å². The zero-order valence-corrected chi connectivity index (χ0v) is 8.81. The van der Waals surface area contributed by atoms with Crippen LogP contribution in [0.2, 0.25) is 0 Å². The van der Waals surface area contributed by atoms with Crippen molar-refractivity contribution in [3.05, 3.63) is 18.0 Å². The summed E-state index contributed by atoms with van der Waals surface area (Å²) >= 11 is 0. The number of piperidine rings is 1. The van der Waals surface area contributed by atoms with Crippen LogP contribution in [0.3, 0.4) is 0 Å². The van der Waals surface area contributed by atoms with Gasteiger partial charge in [0.2, 0.25) is 0 Å². The second kappa shape index (κ2) is 4.02. The summed E-state index contributed by atoms with van der Waals surface area (Å²) in [6.45, 7) is 3.57. The van der Waals surface area contributed by atoms with Gasteiger partial charge in [0.1, 0.15) is 0 Å². The van der Waals surface area contributed by atoms with Crippen molar-refractivity contribution < 1.29 is 4.79 Å². The Balaban J connectivity index is 2.03. The number of carbonyl (C=O) groups is 1. The van der Waals surface area contributed by atoms with Crippen molar-refractivity contribution in [2.24, 2.45) is 11.7 Å². The highest BCUT2D eigenvalue weighted by Crippen LogP contribution is 2.16. The minimum atomic E-state index is 0.0440. The van der Waals surface area contributed by atoms with Crippen LogP contribution in [-0.2, 0) is 0 Å². The molecule has 0 aromatic carbocycles. The summed E-state index contributed by atoms with van der Waals surface area (Å²) in [4.78, 5) is 13.8. The highest BCUT2D eigenvalue weighted by Gasteiger charge is 2.26. The summed E-state index contributed by atoms with van der Waals surface area (Å²) in [5, 5.41) is 6.42. The number of H-pyrrole nitrogens is 1. The second-order valence-electron chi connectivity index (χ2n) is 4.17. The van der Waals surface area contributed by atoms with Crippen LogP contribution in [0.15, 0.2) is 12.4 Å². The zero-order valence-electron chi connectivity index (χ0n) is 8.81. The lowest BCUT2D eigenvalue weighted by molar-refractivity contribution is 0.0664. The number of nitrogens with one attached hydrogen (secondary N) is 1. The van der Waals surface area contributed by atoms with Crippen LogP contribution in [0.1, 0.15) is 23.7 Å². The van der Waals surface area contributed by atoms with Crippen molar-refractivity contribution in [3.63, 3.8) is 0 Å². The lowest BCUT2D eigenvalue weighted by atomic mass is 9.94. The number of nitrogens with zero attached hydrogens (tertiary/aromatic N) is 2. The largest absolute Gasteiger partial charge is 0.338 e. The van der Waals surface area contributed by atoms with Crippen LogP contribution in [-0.4, -0.2) is 40.1 Å². The molecule has 0 bridgehead atoms. The van der Waals surface area contributed by atoms with Crippen molar-refractivity contribution in [1.29, 1.82) is 0 Å². The molecule has 1 aliphatic rings. The number of amides is 1. The maximum atomic E-state index is 11.9. The molecule has 82 valence electrons. The normalized spacial score (nSPS) is 26.7. The number of aromatic nitrogens is 2. The first-order chi connectivity index (χ1) is 7.18. The van der Waals surface area contributed by atoms with E-state index in [0.717, 1.165) is 19.5 Å². The van der Waals surface area contributed by atoms with Crippen LogP contribution in [0.5, 0.6) is 0 Å². The Morgan fingerprint density at radius 1 is 1.73 bits per heavy atom. The minimum Gasteiger partial charge on any atom is -0.338 e. The average molecular weight is 208 g/mol. The van der Waals surface area contributed by atoms with E-state index in [9.17, 15) is 4.79 Å². The number of carbonyl (C=O) groups excluding carboxylic acids is 1. The van der Waals surface area contributed by atoms with Crippen LogP contribution in [0.4, 0.5) is 0 Å². The number of rotatable bonds is 1. The number of hydrogen-bond donors (Lipinski definition) is 2. The van der Waals surface area contributed by atoms with E-state index in [4.69, 9.17) is 5.73 Å². The molecule has 1 aromatic heterocycles. The molecule has 0 saturated carbocycles. The predicted molar refractivity (Wildman–Crippen MR) is 56.2 cm³/mol. The summed E-state index contributed by atoms with van der Waals surface area (Å²) in [5.74, 6) is 0.414. The Labute approximate surface area is 88.6 Å². The fourth-order valence-electron chi connectivity index (χ4n) is 1.90. The molecule has 5 nitrogen and oxygen atoms in total. The van der Waals surface area contributed by atoms with Gasteiger partial charge in [0, 0.05) is 25.3 Å². The van der Waals surface area contributed by atoms with Crippen LogP contribution in [0, 0.1) is 5.92 Å². The summed E-state index contributed by atoms with van der Waals surface area (Å²) in [5.41, 5.74) is 6.53. The van der Waals surface area contributed by atoms with E-state index in [1.54, 1.807) is 12.4 Å². The molecule has 1 saturated heterocycles. The number of nitrogens with two attached hydrogens (primary N) is 1. The van der Waals surface area contributed by atoms with Gasteiger partial charge in [-0.05, 0) is 12.3 Å². The van der Waals surface area contributed by atoms with Crippen molar-refractivity contribution in [2.45, 2.75) is 19.4 Å². The van der Waals surface area contributed by atoms with E-state index in [-0.39, 0.29) is 11.9 Å². The molecule has 3 N–H and O–H groups in total. The zero-order chi connectivity index (χ0) is 10.8. The lowest BCUT2D eigenvalue weighted by Gasteiger charge is -2.34. The van der Waals surface area contributed by atoms with E-state index < -0.39 is 0 Å². The quantitative estimate of drug-likeness (QED) is 0.693. The number of aromatic amines is 1. The number of hydrogen-bond acceptors (Lipinski definition) is 3. The van der Waals surface area contributed by atoms with Gasteiger partial charge >= 0.3 is 0 Å². The highest BCUT2D eigenvalue weighted by molar-refractivity contribution is 5.93. The van der Waals surface area contributed by atoms with Gasteiger partial charge in [-0.1, -0.05) is 6.92 Å². The van der Waals surface area contributed by atoms with Gasteiger partial charge in [0.05, 0.1) is 11.8 Å². The van der Waals surface area contributed by atoms with Gasteiger partial charge in [-0.15, -0.1) is 0 Å². The van der Waals surface area contributed by atoms with Crippen LogP contribution >= 0.6 is 0 Å². The SMILES string of the molecule is CC1CN(C(=O)c2cn[nH]c2)CCC1N. The lowest BCUT2D eigenvalue weighted by Crippen LogP contribution is -2.48. The Morgan fingerprint density at radius 3 is 3.13 bits per heavy atom. The fourth-order valence-corrected chi connectivity index (χ4v) is 1.90. The summed E-state index contributed by atoms with van der Waals surface area (Å²) in [6.07, 6.45) is 4.06. The Hall–Kier alpha value is -1.36. The standard InChI is InChI=1S/C10H16N4O/c1-7-6-14(3-2-9(7)11)10(15)8-4-12-13-5-8/h4-5,7,9H,2-3,6,11H2,1H3,(H,12,13). The first-order valence-electron chi connectivity index (χ1n) is 5.22. The van der Waals surface area contributed by atoms with Crippen molar-refractivity contribution in [2.75, 3.05) is 13.1 Å². The minimum absolute atomic E-state index is 0.0440. The molecule has 1 aromatic rings. The molecule has 1 aliphatic heterocycles. The van der Waals surface area contributed by atoms with E-state index in [1.165, 1.54) is 0 Å². The van der Waals surface area contributed by atoms with Crippen LogP contribution in [0.25, 0.3) is 0 Å². The van der Waals surface area contributed by atoms with Gasteiger partial charge in [0.25, 0.3) is 5.91 Å². The van der Waals surface area contributed by atoms with Crippen molar-refractivity contribution in [1.82, 2.24) is 15.1 Å². The molecular formula is C10H16N4O. The molecule has 0 spiro atoms. The third-order valence-corrected chi connectivity index (χ3v) is 3.00. The maximum Gasteiger partial charge on any atom is 0.257 e. The Morgan fingerprint density at radius 2 is 2.53 bits per heavy atom. The summed E-state index contributed by atoms with van der Waals surface area (Å²) < 4.78 is 0. The molecular weight excluding hydrogens is 192 g/mol. The third kappa shape index (κ3) is 2.02. The summed E-state index contributed by atoms with van der Waals surface area (Å²) in [7, 11) is 0. The molecule has 1 amide bonds. The Kier molecular flexibility index (Phi) is 2.73. The van der Waals surface area contributed by atoms with Crippen molar-refractivity contribution in [3.8, 4) is 0 Å². The molecule has 2 heterocycles. The second-order valence-corrected chi connectivity index (χ2v) is 4.17. The molecule has 2 rings (SSSR count). The first kappa shape index (κ1) is 10.2. The topological polar surface area (TPSA) is 75.0 Å². The molecule has 0 aliphatic carbocycles. The van der Waals surface area contributed by atoms with Crippen LogP contribution < -0.4 is 5.73 Å². The molecule has 2 unspecified atom stereocenters. The van der Waals surface area contributed by atoms with Gasteiger partial charge in [-0.25, -0.2) is 0 Å². The highest BCUT2D eigenvalue weighted by atomic mass is 16.2. The van der Waals surface area contributed by atoms with E-state index in [0.29, 0.717) is 11.5 Å². The van der Waals surface area contributed by atoms with Crippen molar-refractivity contribution >= 4 is 5.91 Å². The van der Waals surface area contributed by atoms with Gasteiger partial charge in [-0.3, -0.25) is 9.89 Å². The Bertz CT molecular complexity index is 335. The molecule has 0 radical (unpaired) electrons. The molecule has 1 fully saturated rings. The van der Waals surface area contributed by atoms with Gasteiger partial charge in [0.15, 0.2) is 0 Å². The average Bonchev–Trinajstić information content (AvgIpc) is 2.74. The van der Waals surface area contributed by atoms with E-state index >= 15 is 0 Å². The number of likely N-dealkylation sites (tertiary alicyclic amines) is 1. The van der Waals surface area contributed by atoms with E-state index in [1.807, 2.05) is 4.90 Å². The smallest absolute Gasteiger partial charge is 0.257 e. The van der Waals surface area contributed by atoms with Gasteiger partial charge < -0.3 is 10.6 Å². The predicted octanol–water partition coefficient (Wildman–Crippen LogP) is 0.219. The third-order valence-electron chi connectivity index (χ3n) is 3.00. The molecule has 2 atom stereocenters. The first-order valence-corrected chi connectivity index (χ1v) is 5.22. The monoisotopic (exact) mass is 208 g/mol. The summed E-state index contributed by atoms with van der Waals surface area (Å²) in [6, 6.07) is 0.221. The molecule has 15 heavy (non-hydrogen) atoms. The van der Waals surface area contributed by atoms with Gasteiger partial charge in [-0.2, -0.15) is 5.10 Å². The fraction of sp³-hybridized carbons (Fsp3) is 0.600. The molecule has 5 heteroatoms.